The molecule has 0 aliphatic carbocycles. The third-order valence-electron chi connectivity index (χ3n) is 22.0. The normalized spacial score (nSPS) is 12.2. The van der Waals surface area contributed by atoms with E-state index in [0.717, 1.165) is 116 Å². The number of hydrogen-bond acceptors (Lipinski definition) is 16. The molecular weight excluding hydrogens is 1720 g/mol. The number of aliphatic hydroxyl groups excluding tert-OH is 1. The lowest BCUT2D eigenvalue weighted by Gasteiger charge is -2.19. The molecular formula is C96H117Cl3F3N23O5. The number of nitrogens with one attached hydrogen (secondary N) is 6. The number of rotatable bonds is 42. The van der Waals surface area contributed by atoms with Gasteiger partial charge in [-0.25, -0.2) is 27.6 Å². The lowest BCUT2D eigenvalue weighted by atomic mass is 10.00. The fourth-order valence-electron chi connectivity index (χ4n) is 14.9. The van der Waals surface area contributed by atoms with Crippen LogP contribution in [0.25, 0.3) is 83.9 Å². The van der Waals surface area contributed by atoms with Crippen molar-refractivity contribution < 1.29 is 23.0 Å². The van der Waals surface area contributed by atoms with Crippen molar-refractivity contribution in [2.24, 2.45) is 72.9 Å². The van der Waals surface area contributed by atoms with Gasteiger partial charge < -0.3 is 80.9 Å². The van der Waals surface area contributed by atoms with E-state index in [1.165, 1.54) is 13.7 Å². The lowest BCUT2D eigenvalue weighted by Crippen LogP contribution is -2.36. The smallest absolute Gasteiger partial charge is 0.354 e. The van der Waals surface area contributed by atoms with Crippen LogP contribution in [0.3, 0.4) is 0 Å². The van der Waals surface area contributed by atoms with Gasteiger partial charge in [0.2, 0.25) is 0 Å². The highest BCUT2D eigenvalue weighted by molar-refractivity contribution is 6.32. The van der Waals surface area contributed by atoms with Crippen molar-refractivity contribution in [3.05, 3.63) is 268 Å². The van der Waals surface area contributed by atoms with Gasteiger partial charge in [-0.15, -0.1) is 0 Å². The van der Waals surface area contributed by atoms with Gasteiger partial charge in [-0.2, -0.15) is 15.0 Å². The first-order valence-electron chi connectivity index (χ1n) is 43.7. The second-order valence-electron chi connectivity index (χ2n) is 33.6. The van der Waals surface area contributed by atoms with Gasteiger partial charge in [0.05, 0.1) is 68.5 Å². The standard InChI is InChI=1S/C35H41ClFN9O.C31H40ClFN8O.C30H36ClFN6O3/c1-22(2)4-3-5-24-16-29(32(37)30(36)17-24)31-18-25-21-46(35(47)45-33(25)44-31)28-8-6-23(7-9-28)19-42-27(12-15-41-34(38)39)20-43-26-10-13-40-14-11-26;1-19(2)4-3-5-21-14-25(28(33)26(32)15-21)27-16-22-18-41(31(42)40-29(22)39-27)24-8-6-20(7-9-24)17-38-23(10-12-34)11-13-37-30(35)36;1-18(2)4-3-5-20-12-24(27(32)25(31)13-20)26-14-21-15-38(30(40)37-28(21)36-26)22-8-6-19(7-9-22)17-41-23(16-39)10-11-35-29(33)34/h6-11,13-14,16-18,21-22,27,42H,3-5,12,15,19-20H2,1-2H3,(H,40,43)(H4,38,39,41)(H,44,45,47);6-9,14-16,18-19,23,38H,3-5,10-13,17,34H2,1-2H3,(H4,35,36,37)(H,39,40,42);6-9,12-15,18,23,39H,3-5,10-11,16-17H2,1-2H3,(H4,33,34,35)(H,36,37,40)/t27-;2*23-/m100/s1. The van der Waals surface area contributed by atoms with Crippen LogP contribution in [0.15, 0.2) is 200 Å². The van der Waals surface area contributed by atoms with Crippen LogP contribution < -0.4 is 73.2 Å². The van der Waals surface area contributed by atoms with E-state index in [2.05, 4.69) is 107 Å². The van der Waals surface area contributed by atoms with Crippen LogP contribution in [-0.4, -0.2) is 129 Å². The van der Waals surface area contributed by atoms with Crippen molar-refractivity contribution >= 4 is 91.5 Å². The molecule has 34 heteroatoms. The molecule has 13 rings (SSSR count). The molecule has 21 N–H and O–H groups in total. The van der Waals surface area contributed by atoms with Crippen LogP contribution in [-0.2, 0) is 43.7 Å². The van der Waals surface area contributed by atoms with Crippen LogP contribution in [0.1, 0.15) is 139 Å². The molecule has 0 unspecified atom stereocenters. The summed E-state index contributed by atoms with van der Waals surface area (Å²) in [5.41, 5.74) is 49.5. The fourth-order valence-corrected chi connectivity index (χ4v) is 15.6. The number of nitrogens with zero attached hydrogens (tertiary/aromatic N) is 10. The lowest BCUT2D eigenvalue weighted by molar-refractivity contribution is -0.000538. The third-order valence-corrected chi connectivity index (χ3v) is 22.8. The Morgan fingerprint density at radius 1 is 0.454 bits per heavy atom. The number of aliphatic imine (C=N–C) groups is 3. The number of anilines is 1. The number of aromatic nitrogens is 10. The zero-order valence-electron chi connectivity index (χ0n) is 74.0. The Balaban J connectivity index is 0.000000189. The molecule has 28 nitrogen and oxygen atoms in total. The Bertz CT molecular complexity index is 6180. The largest absolute Gasteiger partial charge is 0.394 e. The molecule has 0 saturated heterocycles. The summed E-state index contributed by atoms with van der Waals surface area (Å²) in [7, 11) is 0. The Morgan fingerprint density at radius 2 is 0.800 bits per heavy atom. The average Bonchev–Trinajstić information content (AvgIpc) is 1.64. The summed E-state index contributed by atoms with van der Waals surface area (Å²) in [6.07, 6.45) is 19.6. The Kier molecular flexibility index (Phi) is 36.3. The minimum atomic E-state index is -0.515. The van der Waals surface area contributed by atoms with Crippen LogP contribution in [0, 0.1) is 35.2 Å². The number of halogens is 6. The van der Waals surface area contributed by atoms with Crippen LogP contribution in [0.4, 0.5) is 18.9 Å². The van der Waals surface area contributed by atoms with Gasteiger partial charge in [0.15, 0.2) is 35.3 Å². The Hall–Kier alpha value is -12.2. The molecule has 0 aliphatic rings. The third kappa shape index (κ3) is 28.6. The maximum absolute atomic E-state index is 15.2. The Labute approximate surface area is 768 Å². The van der Waals surface area contributed by atoms with Crippen molar-refractivity contribution in [1.29, 1.82) is 0 Å². The minimum Gasteiger partial charge on any atom is -0.394 e. The van der Waals surface area contributed by atoms with Crippen molar-refractivity contribution in [2.75, 3.05) is 44.6 Å². The maximum Gasteiger partial charge on any atom is 0.354 e. The number of aliphatic hydroxyl groups is 1. The molecule has 0 spiro atoms. The number of H-pyrrole nitrogens is 3. The van der Waals surface area contributed by atoms with E-state index < -0.39 is 40.6 Å². The van der Waals surface area contributed by atoms with Crippen LogP contribution in [0.5, 0.6) is 0 Å². The minimum absolute atomic E-state index is 0.00524. The van der Waals surface area contributed by atoms with E-state index in [1.807, 2.05) is 84.9 Å². The highest BCUT2D eigenvalue weighted by atomic mass is 35.5. The summed E-state index contributed by atoms with van der Waals surface area (Å²) in [6.45, 7) is 17.0. The van der Waals surface area contributed by atoms with E-state index in [9.17, 15) is 19.5 Å². The molecule has 130 heavy (non-hydrogen) atoms. The van der Waals surface area contributed by atoms with Gasteiger partial charge in [-0.05, 0) is 225 Å². The SMILES string of the molecule is CC(C)CCCc1cc(Cl)c(F)c(-c2cc3cn(-c4ccc(CN[C@@H](CCN)CCN=C(N)N)cc4)c(=O)nc3[nH]2)c1.CC(C)CCCc1cc(Cl)c(F)c(-c2cc3cn(-c4ccc(CN[C@H](CCN=C(N)N)CNc5ccncc5)cc4)c(=O)nc3[nH]2)c1.CC(C)CCCc1cc(Cl)c(F)c(-c2cc3cn(-c4ccc(CO[C@H](CO)CCN=C(N)N)cc4)c(=O)nc3[nH]2)c1. The molecule has 0 bridgehead atoms. The van der Waals surface area contributed by atoms with Gasteiger partial charge in [0.1, 0.15) is 16.9 Å². The number of nitrogens with two attached hydrogens (primary N) is 7. The maximum atomic E-state index is 15.2. The predicted octanol–water partition coefficient (Wildman–Crippen LogP) is 15.1. The molecule has 7 heterocycles. The number of aromatic amines is 3. The van der Waals surface area contributed by atoms with Crippen molar-refractivity contribution in [2.45, 2.75) is 163 Å². The first kappa shape index (κ1) is 98.4. The quantitative estimate of drug-likeness (QED) is 0.0125. The van der Waals surface area contributed by atoms with Gasteiger partial charge in [-0.3, -0.25) is 33.7 Å². The summed E-state index contributed by atoms with van der Waals surface area (Å²) in [5, 5.41) is 22.2. The highest BCUT2D eigenvalue weighted by Crippen LogP contribution is 2.36. The number of pyridine rings is 1. The topological polar surface area (TPSA) is 450 Å². The summed E-state index contributed by atoms with van der Waals surface area (Å²) >= 11 is 18.8. The molecule has 0 saturated carbocycles. The molecule has 688 valence electrons. The first-order valence-corrected chi connectivity index (χ1v) is 44.9. The first-order chi connectivity index (χ1) is 62.4. The number of hydrogen-bond donors (Lipinski definition) is 14. The van der Waals surface area contributed by atoms with E-state index in [1.54, 1.807) is 85.6 Å². The number of ether oxygens (including phenoxy) is 1. The molecule has 3 atom stereocenters. The highest BCUT2D eigenvalue weighted by Gasteiger charge is 2.22. The van der Waals surface area contributed by atoms with Gasteiger partial charge in [0.25, 0.3) is 0 Å². The summed E-state index contributed by atoms with van der Waals surface area (Å²) in [5.74, 6) is 0.409. The van der Waals surface area contributed by atoms with E-state index in [-0.39, 0.29) is 58.2 Å². The molecule has 0 radical (unpaired) electrons. The molecule has 13 aromatic rings. The predicted molar refractivity (Wildman–Crippen MR) is 519 cm³/mol. The van der Waals surface area contributed by atoms with Crippen LogP contribution >= 0.6 is 34.8 Å². The molecule has 7 aromatic heterocycles. The second kappa shape index (κ2) is 47.9. The zero-order valence-corrected chi connectivity index (χ0v) is 76.3. The van der Waals surface area contributed by atoms with Gasteiger partial charge >= 0.3 is 17.1 Å². The van der Waals surface area contributed by atoms with Crippen molar-refractivity contribution in [3.8, 4) is 50.8 Å². The molecule has 0 fully saturated rings. The monoisotopic (exact) mass is 1830 g/mol. The molecule has 0 amide bonds. The van der Waals surface area contributed by atoms with Gasteiger partial charge in [-0.1, -0.05) is 132 Å². The summed E-state index contributed by atoms with van der Waals surface area (Å²) in [4.78, 5) is 77.0. The summed E-state index contributed by atoms with van der Waals surface area (Å²) < 4.78 is 55.5. The number of fused-ring (bicyclic) bond motifs is 3. The van der Waals surface area contributed by atoms with Crippen LogP contribution in [0.2, 0.25) is 15.1 Å². The summed E-state index contributed by atoms with van der Waals surface area (Å²) in [6, 6.07) is 42.5. The number of benzene rings is 6. The fraction of sp³-hybridized carbons (Fsp3) is 0.354. The Morgan fingerprint density at radius 3 is 1.15 bits per heavy atom. The number of guanidine groups is 3. The van der Waals surface area contributed by atoms with E-state index >= 15 is 13.2 Å². The molecule has 6 aromatic carbocycles. The molecule has 0 aliphatic heterocycles. The van der Waals surface area contributed by atoms with E-state index in [0.29, 0.717) is 154 Å². The van der Waals surface area contributed by atoms with Gasteiger partial charge in [0, 0.05) is 121 Å². The number of aryl methyl sites for hydroxylation is 3. The average molecular weight is 1840 g/mol. The zero-order chi connectivity index (χ0) is 93.1. The van der Waals surface area contributed by atoms with Crippen molar-refractivity contribution in [1.82, 2.24) is 59.2 Å². The van der Waals surface area contributed by atoms with Crippen molar-refractivity contribution in [3.63, 3.8) is 0 Å². The van der Waals surface area contributed by atoms with E-state index in [4.69, 9.17) is 79.7 Å². The second-order valence-corrected chi connectivity index (χ2v) is 34.8.